The number of benzene rings is 1. The van der Waals surface area contributed by atoms with Crippen molar-refractivity contribution in [2.75, 3.05) is 13.7 Å². The molecule has 0 fully saturated rings. The second kappa shape index (κ2) is 7.24. The Morgan fingerprint density at radius 2 is 1.85 bits per heavy atom. The summed E-state index contributed by atoms with van der Waals surface area (Å²) < 4.78 is 5.85. The van der Waals surface area contributed by atoms with E-state index in [4.69, 9.17) is 4.74 Å². The fraction of sp³-hybridized carbons (Fsp3) is 0.667. The van der Waals surface area contributed by atoms with E-state index in [2.05, 4.69) is 65.1 Å². The molecule has 2 atom stereocenters. The lowest BCUT2D eigenvalue weighted by Crippen LogP contribution is -2.42. The van der Waals surface area contributed by atoms with E-state index in [0.29, 0.717) is 0 Å². The zero-order valence-corrected chi connectivity index (χ0v) is 14.2. The van der Waals surface area contributed by atoms with Crippen molar-refractivity contribution in [1.82, 2.24) is 5.32 Å². The summed E-state index contributed by atoms with van der Waals surface area (Å²) in [6.45, 7) is 14.3. The van der Waals surface area contributed by atoms with Gasteiger partial charge in [0.15, 0.2) is 0 Å². The van der Waals surface area contributed by atoms with E-state index in [9.17, 15) is 0 Å². The van der Waals surface area contributed by atoms with Gasteiger partial charge in [-0.05, 0) is 43.4 Å². The van der Waals surface area contributed by atoms with E-state index in [0.717, 1.165) is 13.0 Å². The first kappa shape index (κ1) is 17.2. The molecule has 0 bridgehead atoms. The Morgan fingerprint density at radius 1 is 1.20 bits per heavy atom. The molecule has 0 heterocycles. The van der Waals surface area contributed by atoms with Crippen LogP contribution in [0.4, 0.5) is 0 Å². The maximum absolute atomic E-state index is 5.85. The van der Waals surface area contributed by atoms with Crippen molar-refractivity contribution < 1.29 is 4.74 Å². The van der Waals surface area contributed by atoms with Crippen LogP contribution in [0, 0.1) is 19.3 Å². The Labute approximate surface area is 124 Å². The molecule has 2 heteroatoms. The number of hydrogen-bond acceptors (Lipinski definition) is 2. The van der Waals surface area contributed by atoms with Crippen LogP contribution in [0.1, 0.15) is 56.8 Å². The maximum atomic E-state index is 5.85. The molecular formula is C18H31NO. The first-order chi connectivity index (χ1) is 9.31. The van der Waals surface area contributed by atoms with Gasteiger partial charge in [-0.2, -0.15) is 0 Å². The first-order valence-corrected chi connectivity index (χ1v) is 7.64. The van der Waals surface area contributed by atoms with E-state index in [1.165, 1.54) is 16.7 Å². The fourth-order valence-corrected chi connectivity index (χ4v) is 2.84. The minimum atomic E-state index is 0.0947. The monoisotopic (exact) mass is 277 g/mol. The third-order valence-corrected chi connectivity index (χ3v) is 3.78. The highest BCUT2D eigenvalue weighted by Crippen LogP contribution is 2.34. The molecule has 0 saturated carbocycles. The molecule has 2 unspecified atom stereocenters. The van der Waals surface area contributed by atoms with Crippen LogP contribution in [0.5, 0.6) is 0 Å². The third kappa shape index (κ3) is 4.32. The lowest BCUT2D eigenvalue weighted by atomic mass is 9.80. The Bertz CT molecular complexity index is 420. The Hall–Kier alpha value is -0.860. The average molecular weight is 277 g/mol. The van der Waals surface area contributed by atoms with Crippen LogP contribution in [0.15, 0.2) is 18.2 Å². The van der Waals surface area contributed by atoms with E-state index < -0.39 is 0 Å². The first-order valence-electron chi connectivity index (χ1n) is 7.64. The van der Waals surface area contributed by atoms with Crippen molar-refractivity contribution in [1.29, 1.82) is 0 Å². The summed E-state index contributed by atoms with van der Waals surface area (Å²) in [6, 6.07) is 6.93. The molecule has 1 aromatic rings. The van der Waals surface area contributed by atoms with Gasteiger partial charge >= 0.3 is 0 Å². The third-order valence-electron chi connectivity index (χ3n) is 3.78. The molecule has 0 aliphatic heterocycles. The zero-order chi connectivity index (χ0) is 15.3. The smallest absolute Gasteiger partial charge is 0.0814 e. The van der Waals surface area contributed by atoms with Crippen LogP contribution >= 0.6 is 0 Å². The number of aryl methyl sites for hydroxylation is 2. The van der Waals surface area contributed by atoms with Crippen LogP contribution < -0.4 is 5.32 Å². The highest BCUT2D eigenvalue weighted by atomic mass is 16.5. The predicted octanol–water partition coefficient (Wildman–Crippen LogP) is 4.41. The molecule has 0 aliphatic rings. The van der Waals surface area contributed by atoms with E-state index in [1.807, 2.05) is 7.11 Å². The average Bonchev–Trinajstić information content (AvgIpc) is 2.33. The number of rotatable bonds is 6. The maximum Gasteiger partial charge on any atom is 0.0814 e. The van der Waals surface area contributed by atoms with Gasteiger partial charge < -0.3 is 10.1 Å². The molecule has 1 rings (SSSR count). The van der Waals surface area contributed by atoms with Gasteiger partial charge in [0.05, 0.1) is 12.1 Å². The van der Waals surface area contributed by atoms with Crippen molar-refractivity contribution in [2.24, 2.45) is 5.41 Å². The van der Waals surface area contributed by atoms with Crippen LogP contribution in [-0.4, -0.2) is 19.8 Å². The van der Waals surface area contributed by atoms with E-state index in [-0.39, 0.29) is 17.6 Å². The second-order valence-electron chi connectivity index (χ2n) is 6.81. The molecule has 114 valence electrons. The highest BCUT2D eigenvalue weighted by molar-refractivity contribution is 5.33. The van der Waals surface area contributed by atoms with Crippen molar-refractivity contribution >= 4 is 0 Å². The van der Waals surface area contributed by atoms with Gasteiger partial charge in [0.25, 0.3) is 0 Å². The van der Waals surface area contributed by atoms with Gasteiger partial charge in [-0.1, -0.05) is 51.5 Å². The van der Waals surface area contributed by atoms with Crippen LogP contribution in [0.25, 0.3) is 0 Å². The Balaban J connectivity index is 3.16. The van der Waals surface area contributed by atoms with Gasteiger partial charge in [0, 0.05) is 7.11 Å². The molecule has 1 N–H and O–H groups in total. The topological polar surface area (TPSA) is 21.3 Å². The van der Waals surface area contributed by atoms with Gasteiger partial charge in [-0.25, -0.2) is 0 Å². The predicted molar refractivity (Wildman–Crippen MR) is 87.2 cm³/mol. The summed E-state index contributed by atoms with van der Waals surface area (Å²) in [6.07, 6.45) is 1.28. The Kier molecular flexibility index (Phi) is 6.22. The van der Waals surface area contributed by atoms with Gasteiger partial charge in [-0.15, -0.1) is 0 Å². The molecule has 0 saturated heterocycles. The minimum Gasteiger partial charge on any atom is -0.379 e. The Morgan fingerprint density at radius 3 is 2.30 bits per heavy atom. The molecule has 0 amide bonds. The second-order valence-corrected chi connectivity index (χ2v) is 6.81. The summed E-state index contributed by atoms with van der Waals surface area (Å²) in [4.78, 5) is 0. The number of nitrogens with one attached hydrogen (secondary N) is 1. The summed E-state index contributed by atoms with van der Waals surface area (Å²) >= 11 is 0. The lowest BCUT2D eigenvalue weighted by Gasteiger charge is -2.37. The molecule has 0 spiro atoms. The van der Waals surface area contributed by atoms with Crippen molar-refractivity contribution in [3.05, 3.63) is 34.9 Å². The zero-order valence-electron chi connectivity index (χ0n) is 14.2. The van der Waals surface area contributed by atoms with Crippen LogP contribution in [0.3, 0.4) is 0 Å². The summed E-state index contributed by atoms with van der Waals surface area (Å²) in [5, 5.41) is 3.68. The van der Waals surface area contributed by atoms with Gasteiger partial charge in [0.1, 0.15) is 0 Å². The lowest BCUT2D eigenvalue weighted by molar-refractivity contribution is -0.0120. The highest BCUT2D eigenvalue weighted by Gasteiger charge is 2.33. The quantitative estimate of drug-likeness (QED) is 0.832. The number of hydrogen-bond donors (Lipinski definition) is 1. The normalized spacial score (nSPS) is 15.2. The van der Waals surface area contributed by atoms with E-state index in [1.54, 1.807) is 0 Å². The number of ether oxygens (including phenoxy) is 1. The van der Waals surface area contributed by atoms with Gasteiger partial charge in [-0.3, -0.25) is 0 Å². The summed E-state index contributed by atoms with van der Waals surface area (Å²) in [7, 11) is 1.82. The molecular weight excluding hydrogens is 246 g/mol. The molecule has 0 radical (unpaired) electrons. The summed E-state index contributed by atoms with van der Waals surface area (Å²) in [5.41, 5.74) is 4.10. The van der Waals surface area contributed by atoms with Crippen LogP contribution in [0.2, 0.25) is 0 Å². The standard InChI is InChI=1S/C18H31NO/c1-8-11-19-16(17(20-7)18(4,5)6)15-10-9-13(2)12-14(15)3/h9-10,12,16-17,19H,8,11H2,1-7H3. The van der Waals surface area contributed by atoms with Crippen molar-refractivity contribution in [3.8, 4) is 0 Å². The molecule has 0 aliphatic carbocycles. The largest absolute Gasteiger partial charge is 0.379 e. The summed E-state index contributed by atoms with van der Waals surface area (Å²) in [5.74, 6) is 0. The van der Waals surface area contributed by atoms with Crippen molar-refractivity contribution in [2.45, 2.75) is 60.1 Å². The van der Waals surface area contributed by atoms with Gasteiger partial charge in [0.2, 0.25) is 0 Å². The molecule has 20 heavy (non-hydrogen) atoms. The van der Waals surface area contributed by atoms with Crippen molar-refractivity contribution in [3.63, 3.8) is 0 Å². The SMILES string of the molecule is CCCNC(c1ccc(C)cc1C)C(OC)C(C)(C)C. The fourth-order valence-electron chi connectivity index (χ4n) is 2.84. The number of methoxy groups -OCH3 is 1. The molecule has 2 nitrogen and oxygen atoms in total. The van der Waals surface area contributed by atoms with E-state index >= 15 is 0 Å². The molecule has 0 aromatic heterocycles. The van der Waals surface area contributed by atoms with Crippen LogP contribution in [-0.2, 0) is 4.74 Å². The molecule has 1 aromatic carbocycles. The minimum absolute atomic E-state index is 0.0947.